The first-order chi connectivity index (χ1) is 7.90. The first kappa shape index (κ1) is 18.2. The van der Waals surface area contributed by atoms with Crippen LogP contribution in [0.15, 0.2) is 9.98 Å². The Bertz CT molecular complexity index is 425. The van der Waals surface area contributed by atoms with E-state index in [0.717, 1.165) is 13.2 Å². The number of nitriles is 1. The molecule has 0 aromatic carbocycles. The smallest absolute Gasteiger partial charge is 0.304 e. The molecule has 10 heteroatoms. The Balaban J connectivity index is 0. The molecule has 1 atom stereocenters. The van der Waals surface area contributed by atoms with Crippen LogP contribution in [0, 0.1) is 11.5 Å². The largest absolute Gasteiger partial charge is 0.405 e. The number of rotatable bonds is 5. The molecule has 7 nitrogen and oxygen atoms in total. The zero-order valence-corrected chi connectivity index (χ0v) is 11.2. The number of hydrogen-bond donors (Lipinski definition) is 1. The van der Waals surface area contributed by atoms with Gasteiger partial charge in [0.1, 0.15) is 0 Å². The number of isothiocyanates is 2. The fourth-order valence-corrected chi connectivity index (χ4v) is 0.674. The summed E-state index contributed by atoms with van der Waals surface area (Å²) in [6, 6.07) is 0. The number of hydrogen-bond acceptors (Lipinski definition) is 8. The highest BCUT2D eigenvalue weighted by molar-refractivity contribution is 7.86. The lowest BCUT2D eigenvalue weighted by Crippen LogP contribution is -2.17. The van der Waals surface area contributed by atoms with E-state index in [2.05, 4.69) is 49.5 Å². The average molecular weight is 295 g/mol. The quantitative estimate of drug-likeness (QED) is 0.264. The fourth-order valence-electron chi connectivity index (χ4n) is 0.326. The predicted molar refractivity (Wildman–Crippen MR) is 67.5 cm³/mol. The molecule has 0 saturated carbocycles. The van der Waals surface area contributed by atoms with E-state index in [1.807, 2.05) is 0 Å². The molecule has 0 fully saturated rings. The summed E-state index contributed by atoms with van der Waals surface area (Å²) < 4.78 is 32.0. The third-order valence-corrected chi connectivity index (χ3v) is 2.28. The van der Waals surface area contributed by atoms with Crippen LogP contribution in [0.2, 0.25) is 0 Å². The van der Waals surface area contributed by atoms with Gasteiger partial charge in [-0.2, -0.15) is 13.7 Å². The summed E-state index contributed by atoms with van der Waals surface area (Å²) in [6.07, 6.45) is 1.13. The molecule has 17 heavy (non-hydrogen) atoms. The molecular formula is C7H9N3O4S3. The average Bonchev–Trinajstić information content (AvgIpc) is 2.25. The van der Waals surface area contributed by atoms with E-state index in [1.54, 1.807) is 0 Å². The molecule has 0 saturated heterocycles. The normalized spacial score (nSPS) is 10.4. The molecule has 1 unspecified atom stereocenters. The highest BCUT2D eigenvalue weighted by Crippen LogP contribution is 1.96. The van der Waals surface area contributed by atoms with Crippen molar-refractivity contribution in [2.24, 2.45) is 9.98 Å². The first-order valence-corrected chi connectivity index (χ1v) is 6.30. The molecule has 0 aromatic rings. The summed E-state index contributed by atoms with van der Waals surface area (Å²) in [7, 11) is -4.21. The minimum Gasteiger partial charge on any atom is -0.405 e. The van der Waals surface area contributed by atoms with Crippen LogP contribution in [0.5, 0.6) is 0 Å². The van der Waals surface area contributed by atoms with Crippen LogP contribution < -0.4 is 0 Å². The lowest BCUT2D eigenvalue weighted by Gasteiger charge is -2.00. The summed E-state index contributed by atoms with van der Waals surface area (Å²) >= 11 is 8.59. The molecule has 0 rings (SSSR count). The van der Waals surface area contributed by atoms with Crippen LogP contribution in [0.3, 0.4) is 0 Å². The molecule has 94 valence electrons. The zero-order valence-electron chi connectivity index (χ0n) is 8.73. The monoisotopic (exact) mass is 295 g/mol. The number of thiocarbonyl (C=S) groups is 2. The minimum absolute atomic E-state index is 0.563. The Morgan fingerprint density at radius 2 is 1.76 bits per heavy atom. The van der Waals surface area contributed by atoms with E-state index in [-0.39, 0.29) is 0 Å². The van der Waals surface area contributed by atoms with Crippen molar-refractivity contribution in [3.8, 4) is 6.26 Å². The van der Waals surface area contributed by atoms with E-state index in [0.29, 0.717) is 13.1 Å². The highest BCUT2D eigenvalue weighted by atomic mass is 32.2. The third-order valence-electron chi connectivity index (χ3n) is 1.09. The molecule has 0 aliphatic carbocycles. The molecule has 1 N–H and O–H groups in total. The molecule has 0 aromatic heterocycles. The first-order valence-electron chi connectivity index (χ1n) is 3.98. The van der Waals surface area contributed by atoms with Crippen LogP contribution >= 0.6 is 24.4 Å². The van der Waals surface area contributed by atoms with E-state index in [9.17, 15) is 8.42 Å². The fraction of sp³-hybridized carbons (Fsp3) is 0.571. The van der Waals surface area contributed by atoms with Crippen LogP contribution in [0.25, 0.3) is 0 Å². The van der Waals surface area contributed by atoms with E-state index < -0.39 is 15.6 Å². The number of ether oxygens (including phenoxy) is 1. The van der Waals surface area contributed by atoms with Gasteiger partial charge in [-0.25, -0.2) is 9.98 Å². The van der Waals surface area contributed by atoms with Gasteiger partial charge in [-0.1, -0.05) is 0 Å². The highest BCUT2D eigenvalue weighted by Gasteiger charge is 2.17. The Morgan fingerprint density at radius 3 is 1.94 bits per heavy atom. The maximum atomic E-state index is 10.0. The summed E-state index contributed by atoms with van der Waals surface area (Å²) in [5.74, 6) is 0. The Labute approximate surface area is 110 Å². The molecule has 0 aliphatic heterocycles. The number of aliphatic imine (C=N–C) groups is 2. The molecule has 0 spiro atoms. The van der Waals surface area contributed by atoms with Crippen molar-refractivity contribution in [3.63, 3.8) is 0 Å². The van der Waals surface area contributed by atoms with E-state index in [4.69, 9.17) is 9.81 Å². The van der Waals surface area contributed by atoms with Crippen molar-refractivity contribution < 1.29 is 17.7 Å². The van der Waals surface area contributed by atoms with Gasteiger partial charge < -0.3 is 4.74 Å². The Kier molecular flexibility index (Phi) is 12.1. The molecule has 0 heterocycles. The standard InChI is InChI=1S/C4H4N2S2.C3H5NO4S/c7-3-5-1-2-6-4-8;1-3(8-2-4)9(5,6)7/h1-2H2;3H,1H3,(H,5,6,7). The van der Waals surface area contributed by atoms with Crippen LogP contribution in [-0.2, 0) is 14.9 Å². The van der Waals surface area contributed by atoms with Crippen LogP contribution in [0.1, 0.15) is 6.92 Å². The Hall–Kier alpha value is -1.20. The summed E-state index contributed by atoms with van der Waals surface area (Å²) in [4.78, 5) is 7.19. The molecule has 0 amide bonds. The van der Waals surface area contributed by atoms with Crippen LogP contribution in [0.4, 0.5) is 0 Å². The molecule has 0 radical (unpaired) electrons. The van der Waals surface area contributed by atoms with Crippen LogP contribution in [-0.4, -0.2) is 41.8 Å². The molecular weight excluding hydrogens is 286 g/mol. The van der Waals surface area contributed by atoms with Gasteiger partial charge in [0.2, 0.25) is 5.44 Å². The second-order valence-corrected chi connectivity index (χ2v) is 4.30. The summed E-state index contributed by atoms with van der Waals surface area (Å²) in [5.41, 5.74) is -1.47. The second-order valence-electron chi connectivity index (χ2n) is 2.24. The third kappa shape index (κ3) is 14.8. The van der Waals surface area contributed by atoms with Gasteiger partial charge in [0.25, 0.3) is 6.26 Å². The van der Waals surface area contributed by atoms with Gasteiger partial charge in [0.15, 0.2) is 0 Å². The van der Waals surface area contributed by atoms with Gasteiger partial charge in [0, 0.05) is 0 Å². The van der Waals surface area contributed by atoms with Gasteiger partial charge >= 0.3 is 10.1 Å². The topological polar surface area (TPSA) is 112 Å². The SMILES string of the molecule is CC(OC#N)S(=O)(=O)O.S=C=NCCN=C=S. The zero-order chi connectivity index (χ0) is 13.7. The lowest BCUT2D eigenvalue weighted by molar-refractivity contribution is 0.233. The molecule has 0 bridgehead atoms. The maximum Gasteiger partial charge on any atom is 0.304 e. The van der Waals surface area contributed by atoms with Gasteiger partial charge in [-0.05, 0) is 31.4 Å². The lowest BCUT2D eigenvalue weighted by atomic mass is 10.7. The maximum absolute atomic E-state index is 10.0. The molecule has 0 aliphatic rings. The van der Waals surface area contributed by atoms with Gasteiger partial charge in [-0.3, -0.25) is 4.55 Å². The number of nitrogens with zero attached hydrogens (tertiary/aromatic N) is 3. The van der Waals surface area contributed by atoms with Crippen molar-refractivity contribution in [2.75, 3.05) is 13.1 Å². The van der Waals surface area contributed by atoms with Gasteiger partial charge in [0.05, 0.1) is 23.4 Å². The van der Waals surface area contributed by atoms with Gasteiger partial charge in [-0.15, -0.1) is 0 Å². The summed E-state index contributed by atoms with van der Waals surface area (Å²) in [6.45, 7) is 2.18. The summed E-state index contributed by atoms with van der Waals surface area (Å²) in [5, 5.41) is 12.2. The van der Waals surface area contributed by atoms with Crippen molar-refractivity contribution in [2.45, 2.75) is 12.4 Å². The van der Waals surface area contributed by atoms with E-state index >= 15 is 0 Å². The Morgan fingerprint density at radius 1 is 1.35 bits per heavy atom. The van der Waals surface area contributed by atoms with Crippen molar-refractivity contribution in [1.82, 2.24) is 0 Å². The van der Waals surface area contributed by atoms with E-state index in [1.165, 1.54) is 0 Å². The van der Waals surface area contributed by atoms with Crippen molar-refractivity contribution >= 4 is 44.9 Å². The second kappa shape index (κ2) is 11.3. The minimum atomic E-state index is -4.21. The van der Waals surface area contributed by atoms with Crippen molar-refractivity contribution in [1.29, 1.82) is 5.26 Å². The predicted octanol–water partition coefficient (Wildman–Crippen LogP) is 0.910. The van der Waals surface area contributed by atoms with Crippen molar-refractivity contribution in [3.05, 3.63) is 0 Å².